The van der Waals surface area contributed by atoms with Crippen LogP contribution in [0, 0.1) is 0 Å². The first-order valence-corrected chi connectivity index (χ1v) is 2.26. The molecule has 6 heteroatoms. The van der Waals surface area contributed by atoms with Gasteiger partial charge >= 0.3 is 5.97 Å². The average Bonchev–Trinajstić information content (AvgIpc) is 1.68. The maximum absolute atomic E-state index is 9.45. The molecule has 0 aliphatic rings. The first kappa shape index (κ1) is 22.5. The summed E-state index contributed by atoms with van der Waals surface area (Å²) in [5.74, 6) is -1.19. The number of hydrogen-bond acceptors (Lipinski definition) is 3. The summed E-state index contributed by atoms with van der Waals surface area (Å²) in [5, 5.41) is 15.8. The molecule has 0 bridgehead atoms. The minimum atomic E-state index is -1.23. The number of hydrogen-bond donors (Lipinski definition) is 2. The molecular weight excluding hydrogens is 220 g/mol. The fourth-order valence-corrected chi connectivity index (χ4v) is 0. The van der Waals surface area contributed by atoms with Crippen LogP contribution in [0.2, 0.25) is 0 Å². The number of aliphatic hydroxyl groups excluding tert-OH is 1. The number of carbonyl (C=O) groups excluding carboxylic acids is 1. The predicted molar refractivity (Wildman–Crippen MR) is 30.7 cm³/mol. The number of rotatable bonds is 1. The first-order valence-electron chi connectivity index (χ1n) is 2.26. The molecule has 0 aromatic heterocycles. The van der Waals surface area contributed by atoms with Crippen molar-refractivity contribution in [1.29, 1.82) is 0 Å². The summed E-state index contributed by atoms with van der Waals surface area (Å²) in [5.41, 5.74) is 0. The predicted octanol–water partition coefficient (Wildman–Crippen LogP) is -0.437. The van der Waals surface area contributed by atoms with Gasteiger partial charge in [0, 0.05) is 43.4 Å². The number of carboxylic acids is 1. The Morgan fingerprint density at radius 1 is 1.45 bits per heavy atom. The van der Waals surface area contributed by atoms with Crippen LogP contribution in [0.5, 0.6) is 0 Å². The Morgan fingerprint density at radius 3 is 1.55 bits per heavy atom. The molecule has 62 valence electrons. The van der Waals surface area contributed by atoms with Crippen LogP contribution in [0.3, 0.4) is 0 Å². The SMILES string of the molecule is CC(O)C(=O)O.C[C-]=O.[Ti].[Ti]. The van der Waals surface area contributed by atoms with Crippen molar-refractivity contribution in [2.45, 2.75) is 20.0 Å². The third-order valence-corrected chi connectivity index (χ3v) is 0.357. The Kier molecular flexibility index (Phi) is 34.6. The molecule has 0 spiro atoms. The van der Waals surface area contributed by atoms with Gasteiger partial charge in [-0.1, -0.05) is 0 Å². The molecule has 0 radical (unpaired) electrons. The quantitative estimate of drug-likeness (QED) is 0.472. The number of aliphatic hydroxyl groups is 1. The molecule has 0 saturated heterocycles. The van der Waals surface area contributed by atoms with Crippen molar-refractivity contribution in [3.63, 3.8) is 0 Å². The van der Waals surface area contributed by atoms with E-state index < -0.39 is 12.1 Å². The van der Waals surface area contributed by atoms with Gasteiger partial charge in [-0.05, 0) is 6.92 Å². The van der Waals surface area contributed by atoms with Crippen LogP contribution in [-0.2, 0) is 53.0 Å². The van der Waals surface area contributed by atoms with Crippen molar-refractivity contribution in [1.82, 2.24) is 0 Å². The molecule has 4 nitrogen and oxygen atoms in total. The largest absolute Gasteiger partial charge is 0.542 e. The molecule has 0 amide bonds. The fraction of sp³-hybridized carbons (Fsp3) is 0.600. The van der Waals surface area contributed by atoms with Crippen LogP contribution in [0.25, 0.3) is 0 Å². The van der Waals surface area contributed by atoms with Crippen LogP contribution in [0.1, 0.15) is 13.8 Å². The summed E-state index contributed by atoms with van der Waals surface area (Å²) in [6.07, 6.45) is 0.269. The van der Waals surface area contributed by atoms with Crippen LogP contribution in [0.4, 0.5) is 0 Å². The molecule has 1 atom stereocenters. The molecule has 0 rings (SSSR count). The second-order valence-electron chi connectivity index (χ2n) is 1.22. The molecule has 0 aliphatic carbocycles. The van der Waals surface area contributed by atoms with Crippen molar-refractivity contribution >= 4 is 12.3 Å². The van der Waals surface area contributed by atoms with Gasteiger partial charge in [0.25, 0.3) is 0 Å². The maximum atomic E-state index is 9.45. The number of aliphatic carboxylic acids is 1. The van der Waals surface area contributed by atoms with E-state index in [0.717, 1.165) is 0 Å². The zero-order valence-corrected chi connectivity index (χ0v) is 9.41. The van der Waals surface area contributed by atoms with Crippen molar-refractivity contribution in [3.05, 3.63) is 0 Å². The summed E-state index contributed by atoms with van der Waals surface area (Å²) < 4.78 is 0. The Bertz CT molecular complexity index is 94.5. The first-order chi connectivity index (χ1) is 4.06. The second kappa shape index (κ2) is 16.9. The molecule has 11 heavy (non-hydrogen) atoms. The molecule has 0 saturated carbocycles. The Balaban J connectivity index is -0.0000000437. The monoisotopic (exact) mass is 229 g/mol. The van der Waals surface area contributed by atoms with Gasteiger partial charge in [-0.25, -0.2) is 4.79 Å². The van der Waals surface area contributed by atoms with E-state index >= 15 is 0 Å². The minimum absolute atomic E-state index is 0. The van der Waals surface area contributed by atoms with Gasteiger partial charge in [0.1, 0.15) is 6.10 Å². The standard InChI is InChI=1S/C3H6O3.C2H3O.2Ti/c1-2(4)3(5)6;1-2-3;;/h2,4H,1H3,(H,5,6);1H3;;/q;-1;;. The molecule has 1 unspecified atom stereocenters. The van der Waals surface area contributed by atoms with Gasteiger partial charge in [-0.2, -0.15) is 6.92 Å². The van der Waals surface area contributed by atoms with Crippen LogP contribution >= 0.6 is 0 Å². The molecule has 0 fully saturated rings. The van der Waals surface area contributed by atoms with E-state index in [1.165, 1.54) is 20.1 Å². The molecule has 0 aromatic rings. The van der Waals surface area contributed by atoms with E-state index in [1.807, 2.05) is 0 Å². The Morgan fingerprint density at radius 2 is 1.55 bits per heavy atom. The zero-order chi connectivity index (χ0) is 7.86. The number of carboxylic acid groups (broad SMARTS) is 1. The summed E-state index contributed by atoms with van der Waals surface area (Å²) in [6, 6.07) is 0. The summed E-state index contributed by atoms with van der Waals surface area (Å²) in [6.45, 7) is 2.52. The molecule has 0 aromatic carbocycles. The second-order valence-corrected chi connectivity index (χ2v) is 1.22. The summed E-state index contributed by atoms with van der Waals surface area (Å²) in [7, 11) is 0. The molecule has 0 aliphatic heterocycles. The zero-order valence-electron chi connectivity index (χ0n) is 6.29. The van der Waals surface area contributed by atoms with E-state index in [4.69, 9.17) is 15.0 Å². The third kappa shape index (κ3) is 37.3. The molecular formula is C5H9O4Ti2-. The van der Waals surface area contributed by atoms with Crippen LogP contribution < -0.4 is 0 Å². The summed E-state index contributed by atoms with van der Waals surface area (Å²) in [4.78, 5) is 18.1. The minimum Gasteiger partial charge on any atom is -0.542 e. The van der Waals surface area contributed by atoms with Gasteiger partial charge in [0.05, 0.1) is 0 Å². The van der Waals surface area contributed by atoms with Crippen molar-refractivity contribution in [3.8, 4) is 0 Å². The normalized spacial score (nSPS) is 8.64. The number of carbonyl (C=O) groups is 1. The van der Waals surface area contributed by atoms with E-state index in [-0.39, 0.29) is 43.4 Å². The molecule has 0 heterocycles. The maximum Gasteiger partial charge on any atom is 0.332 e. The van der Waals surface area contributed by atoms with Crippen molar-refractivity contribution < 1.29 is 63.2 Å². The van der Waals surface area contributed by atoms with Crippen LogP contribution in [0.15, 0.2) is 0 Å². The third-order valence-electron chi connectivity index (χ3n) is 0.357. The smallest absolute Gasteiger partial charge is 0.332 e. The van der Waals surface area contributed by atoms with Gasteiger partial charge in [-0.3, -0.25) is 6.29 Å². The Hall–Kier alpha value is 0.529. The molecule has 2 N–H and O–H groups in total. The van der Waals surface area contributed by atoms with Crippen molar-refractivity contribution in [2.24, 2.45) is 0 Å². The van der Waals surface area contributed by atoms with E-state index in [2.05, 4.69) is 0 Å². The van der Waals surface area contributed by atoms with Crippen molar-refractivity contribution in [2.75, 3.05) is 0 Å². The van der Waals surface area contributed by atoms with Gasteiger partial charge < -0.3 is 15.0 Å². The van der Waals surface area contributed by atoms with E-state index in [0.29, 0.717) is 0 Å². The fourth-order valence-electron chi connectivity index (χ4n) is 0. The van der Waals surface area contributed by atoms with Gasteiger partial charge in [0.2, 0.25) is 0 Å². The van der Waals surface area contributed by atoms with Gasteiger partial charge in [-0.15, -0.1) is 0 Å². The topological polar surface area (TPSA) is 74.6 Å². The van der Waals surface area contributed by atoms with E-state index in [9.17, 15) is 4.79 Å². The van der Waals surface area contributed by atoms with E-state index in [1.54, 1.807) is 0 Å². The Labute approximate surface area is 95.1 Å². The van der Waals surface area contributed by atoms with Gasteiger partial charge in [0.15, 0.2) is 0 Å². The summed E-state index contributed by atoms with van der Waals surface area (Å²) >= 11 is 0. The average molecular weight is 229 g/mol. The van der Waals surface area contributed by atoms with Crippen LogP contribution in [-0.4, -0.2) is 28.6 Å².